The van der Waals surface area contributed by atoms with E-state index < -0.39 is 0 Å². The molecule has 12 heavy (non-hydrogen) atoms. The van der Waals surface area contributed by atoms with E-state index >= 15 is 0 Å². The highest BCUT2D eigenvalue weighted by atomic mass is 79.9. The van der Waals surface area contributed by atoms with Gasteiger partial charge in [-0.1, -0.05) is 0 Å². The monoisotopic (exact) mass is 251 g/mol. The molecule has 0 radical (unpaired) electrons. The van der Waals surface area contributed by atoms with E-state index in [2.05, 4.69) is 21.2 Å². The van der Waals surface area contributed by atoms with Crippen molar-refractivity contribution in [2.45, 2.75) is 0 Å². The van der Waals surface area contributed by atoms with E-state index in [0.29, 0.717) is 22.7 Å². The molecule has 0 aliphatic rings. The Bertz CT molecular complexity index is 274. The Balaban J connectivity index is 2.59. The van der Waals surface area contributed by atoms with E-state index in [1.165, 1.54) is 6.26 Å². The summed E-state index contributed by atoms with van der Waals surface area (Å²) in [5.41, 5.74) is 0.486. The molecule has 1 aromatic rings. The maximum absolute atomic E-state index is 11.2. The summed E-state index contributed by atoms with van der Waals surface area (Å²) in [4.78, 5) is 11.2. The zero-order valence-electron chi connectivity index (χ0n) is 6.14. The molecule has 1 amide bonds. The predicted octanol–water partition coefficient (Wildman–Crippen LogP) is 2.01. The molecule has 1 N–H and O–H groups in total. The van der Waals surface area contributed by atoms with Gasteiger partial charge in [-0.05, 0) is 22.0 Å². The molecule has 0 aliphatic heterocycles. The summed E-state index contributed by atoms with van der Waals surface area (Å²) in [6.45, 7) is 0.456. The van der Waals surface area contributed by atoms with Crippen LogP contribution in [-0.2, 0) is 0 Å². The second-order valence-corrected chi connectivity index (χ2v) is 3.15. The summed E-state index contributed by atoms with van der Waals surface area (Å²) in [5.74, 6) is 0.220. The molecule has 0 aliphatic carbocycles. The quantitative estimate of drug-likeness (QED) is 0.836. The average Bonchev–Trinajstić information content (AvgIpc) is 2.47. The Hall–Kier alpha value is -0.480. The Kier molecular flexibility index (Phi) is 3.62. The van der Waals surface area contributed by atoms with E-state index in [-0.39, 0.29) is 5.91 Å². The van der Waals surface area contributed by atoms with Crippen LogP contribution >= 0.6 is 27.5 Å². The van der Waals surface area contributed by atoms with E-state index in [1.807, 2.05) is 0 Å². The van der Waals surface area contributed by atoms with Gasteiger partial charge in [0.2, 0.25) is 0 Å². The summed E-state index contributed by atoms with van der Waals surface area (Å²) in [7, 11) is 0. The van der Waals surface area contributed by atoms with Crippen LogP contribution in [0.5, 0.6) is 0 Å². The minimum Gasteiger partial charge on any atom is -0.457 e. The van der Waals surface area contributed by atoms with Crippen LogP contribution in [0.25, 0.3) is 0 Å². The molecule has 0 bridgehead atoms. The van der Waals surface area contributed by atoms with Crippen molar-refractivity contribution in [3.63, 3.8) is 0 Å². The lowest BCUT2D eigenvalue weighted by atomic mass is 10.3. The summed E-state index contributed by atoms with van der Waals surface area (Å²) in [6.07, 6.45) is 1.44. The number of nitrogens with one attached hydrogen (secondary N) is 1. The summed E-state index contributed by atoms with van der Waals surface area (Å²) in [6, 6.07) is 1.59. The molecule has 3 nitrogen and oxygen atoms in total. The van der Waals surface area contributed by atoms with Crippen molar-refractivity contribution in [2.24, 2.45) is 0 Å². The number of carbonyl (C=O) groups is 1. The molecule has 0 atom stereocenters. The molecule has 1 rings (SSSR count). The highest BCUT2D eigenvalue weighted by molar-refractivity contribution is 9.10. The maximum Gasteiger partial charge on any atom is 0.255 e. The first-order chi connectivity index (χ1) is 5.75. The molecule has 0 saturated heterocycles. The van der Waals surface area contributed by atoms with Crippen LogP contribution in [0.3, 0.4) is 0 Å². The van der Waals surface area contributed by atoms with Gasteiger partial charge in [-0.15, -0.1) is 11.6 Å². The number of alkyl halides is 1. The lowest BCUT2D eigenvalue weighted by Crippen LogP contribution is -2.25. The van der Waals surface area contributed by atoms with Crippen LogP contribution in [-0.4, -0.2) is 18.3 Å². The van der Waals surface area contributed by atoms with Crippen molar-refractivity contribution in [1.82, 2.24) is 5.32 Å². The van der Waals surface area contributed by atoms with Gasteiger partial charge in [-0.25, -0.2) is 0 Å². The highest BCUT2D eigenvalue weighted by Gasteiger charge is 2.10. The fourth-order valence-electron chi connectivity index (χ4n) is 0.712. The van der Waals surface area contributed by atoms with E-state index in [1.54, 1.807) is 6.07 Å². The van der Waals surface area contributed by atoms with Crippen molar-refractivity contribution in [2.75, 3.05) is 12.4 Å². The van der Waals surface area contributed by atoms with Crippen molar-refractivity contribution < 1.29 is 9.21 Å². The van der Waals surface area contributed by atoms with E-state index in [0.717, 1.165) is 0 Å². The first kappa shape index (κ1) is 9.61. The fraction of sp³-hybridized carbons (Fsp3) is 0.286. The molecule has 66 valence electrons. The van der Waals surface area contributed by atoms with Crippen molar-refractivity contribution >= 4 is 33.4 Å². The lowest BCUT2D eigenvalue weighted by molar-refractivity contribution is 0.0954. The standard InChI is InChI=1S/C7H7BrClNO2/c8-6-5(1-4-12-6)7(11)10-3-2-9/h1,4H,2-3H2,(H,10,11). The molecular weight excluding hydrogens is 245 g/mol. The van der Waals surface area contributed by atoms with Gasteiger partial charge < -0.3 is 9.73 Å². The number of amides is 1. The van der Waals surface area contributed by atoms with Crippen molar-refractivity contribution in [3.8, 4) is 0 Å². The van der Waals surface area contributed by atoms with E-state index in [9.17, 15) is 4.79 Å². The Morgan fingerprint density at radius 2 is 2.50 bits per heavy atom. The SMILES string of the molecule is O=C(NCCCl)c1ccoc1Br. The second kappa shape index (κ2) is 4.52. The number of rotatable bonds is 3. The second-order valence-electron chi connectivity index (χ2n) is 2.05. The number of halogens is 2. The molecule has 1 aromatic heterocycles. The topological polar surface area (TPSA) is 42.2 Å². The van der Waals surface area contributed by atoms with Crippen LogP contribution in [0.1, 0.15) is 10.4 Å². The highest BCUT2D eigenvalue weighted by Crippen LogP contribution is 2.16. The van der Waals surface area contributed by atoms with Crippen LogP contribution in [0, 0.1) is 0 Å². The lowest BCUT2D eigenvalue weighted by Gasteiger charge is -1.99. The first-order valence-corrected chi connectivity index (χ1v) is 4.65. The smallest absolute Gasteiger partial charge is 0.255 e. The normalized spacial score (nSPS) is 9.83. The molecule has 0 spiro atoms. The molecular formula is C7H7BrClNO2. The Morgan fingerprint density at radius 1 is 1.75 bits per heavy atom. The third-order valence-corrected chi connectivity index (χ3v) is 2.05. The van der Waals surface area contributed by atoms with Crippen LogP contribution in [0.2, 0.25) is 0 Å². The zero-order chi connectivity index (χ0) is 8.97. The summed E-state index contributed by atoms with van der Waals surface area (Å²) < 4.78 is 5.33. The molecule has 0 unspecified atom stereocenters. The summed E-state index contributed by atoms with van der Waals surface area (Å²) in [5, 5.41) is 2.61. The predicted molar refractivity (Wildman–Crippen MR) is 49.5 cm³/mol. The Labute approximate surface area is 83.2 Å². The maximum atomic E-state index is 11.2. The van der Waals surface area contributed by atoms with Crippen LogP contribution in [0.15, 0.2) is 21.4 Å². The number of carbonyl (C=O) groups excluding carboxylic acids is 1. The molecule has 0 aromatic carbocycles. The van der Waals surface area contributed by atoms with Gasteiger partial charge in [0.25, 0.3) is 5.91 Å². The van der Waals surface area contributed by atoms with E-state index in [4.69, 9.17) is 16.0 Å². The van der Waals surface area contributed by atoms with Crippen molar-refractivity contribution in [1.29, 1.82) is 0 Å². The zero-order valence-corrected chi connectivity index (χ0v) is 8.48. The minimum atomic E-state index is -0.184. The van der Waals surface area contributed by atoms with Gasteiger partial charge in [-0.2, -0.15) is 0 Å². The first-order valence-electron chi connectivity index (χ1n) is 3.33. The van der Waals surface area contributed by atoms with Gasteiger partial charge in [0.05, 0.1) is 11.8 Å². The third-order valence-electron chi connectivity index (χ3n) is 1.24. The molecule has 0 saturated carbocycles. The van der Waals surface area contributed by atoms with Gasteiger partial charge >= 0.3 is 0 Å². The van der Waals surface area contributed by atoms with Gasteiger partial charge in [0, 0.05) is 12.4 Å². The largest absolute Gasteiger partial charge is 0.457 e. The van der Waals surface area contributed by atoms with Gasteiger partial charge in [0.1, 0.15) is 0 Å². The van der Waals surface area contributed by atoms with Crippen LogP contribution < -0.4 is 5.32 Å². The van der Waals surface area contributed by atoms with Crippen molar-refractivity contribution in [3.05, 3.63) is 22.6 Å². The number of hydrogen-bond acceptors (Lipinski definition) is 2. The number of furan rings is 1. The minimum absolute atomic E-state index is 0.184. The van der Waals surface area contributed by atoms with Crippen LogP contribution in [0.4, 0.5) is 0 Å². The van der Waals surface area contributed by atoms with Gasteiger partial charge in [-0.3, -0.25) is 4.79 Å². The Morgan fingerprint density at radius 3 is 3.00 bits per heavy atom. The molecule has 1 heterocycles. The van der Waals surface area contributed by atoms with Gasteiger partial charge in [0.15, 0.2) is 4.67 Å². The molecule has 5 heteroatoms. The number of hydrogen-bond donors (Lipinski definition) is 1. The molecule has 0 fully saturated rings. The average molecular weight is 252 g/mol. The fourth-order valence-corrected chi connectivity index (χ4v) is 1.23. The summed E-state index contributed by atoms with van der Waals surface area (Å²) >= 11 is 8.50. The third kappa shape index (κ3) is 2.25.